The third kappa shape index (κ3) is 6.54. The topological polar surface area (TPSA) is 26.3 Å². The van der Waals surface area contributed by atoms with Gasteiger partial charge in [-0.15, -0.1) is 0 Å². The number of carbonyl (C=O) groups is 1. The van der Waals surface area contributed by atoms with Crippen LogP contribution in [0.1, 0.15) is 93.5 Å². The highest BCUT2D eigenvalue weighted by atomic mass is 19.4. The smallest absolute Gasteiger partial charge is 0.425 e. The maximum absolute atomic E-state index is 12.8. The molecule has 0 aliphatic heterocycles. The van der Waals surface area contributed by atoms with Crippen LogP contribution in [0.4, 0.5) is 13.2 Å². The number of rotatable bonds is 8. The van der Waals surface area contributed by atoms with Crippen molar-refractivity contribution in [3.8, 4) is 0 Å². The minimum atomic E-state index is -4.53. The second-order valence-corrected chi connectivity index (χ2v) is 7.68. The molecule has 1 aliphatic rings. The number of unbranched alkanes of at least 4 members (excludes halogenated alkanes) is 2. The molecule has 0 bridgehead atoms. The van der Waals surface area contributed by atoms with Crippen molar-refractivity contribution >= 4 is 5.97 Å². The zero-order chi connectivity index (χ0) is 19.9. The van der Waals surface area contributed by atoms with Gasteiger partial charge in [0.05, 0.1) is 5.56 Å². The fourth-order valence-corrected chi connectivity index (χ4v) is 3.94. The maximum atomic E-state index is 12.8. The Labute approximate surface area is 160 Å². The molecule has 1 atom stereocenters. The van der Waals surface area contributed by atoms with Gasteiger partial charge in [0, 0.05) is 0 Å². The minimum Gasteiger partial charge on any atom is -0.449 e. The monoisotopic (exact) mass is 384 g/mol. The zero-order valence-electron chi connectivity index (χ0n) is 16.4. The minimum absolute atomic E-state index is 0.176. The number of hydrogen-bond donors (Lipinski definition) is 0. The fourth-order valence-electron chi connectivity index (χ4n) is 3.94. The molecular weight excluding hydrogens is 353 g/mol. The van der Waals surface area contributed by atoms with Gasteiger partial charge in [-0.05, 0) is 61.6 Å². The number of carbonyl (C=O) groups excluding carboxylic acids is 1. The van der Waals surface area contributed by atoms with Crippen LogP contribution in [-0.2, 0) is 4.74 Å². The van der Waals surface area contributed by atoms with E-state index in [1.54, 1.807) is 12.1 Å². The Morgan fingerprint density at radius 2 is 1.70 bits per heavy atom. The van der Waals surface area contributed by atoms with Crippen LogP contribution in [0.2, 0.25) is 0 Å². The molecule has 5 heteroatoms. The maximum Gasteiger partial charge on any atom is 0.425 e. The molecule has 1 aromatic rings. The number of esters is 1. The van der Waals surface area contributed by atoms with Gasteiger partial charge >= 0.3 is 12.1 Å². The van der Waals surface area contributed by atoms with Crippen LogP contribution < -0.4 is 0 Å². The Hall–Kier alpha value is -1.52. The third-order valence-corrected chi connectivity index (χ3v) is 5.67. The van der Waals surface area contributed by atoms with Gasteiger partial charge in [-0.3, -0.25) is 0 Å². The van der Waals surface area contributed by atoms with E-state index in [0.717, 1.165) is 18.8 Å². The molecule has 0 saturated heterocycles. The van der Waals surface area contributed by atoms with E-state index in [2.05, 4.69) is 11.7 Å². The summed E-state index contributed by atoms with van der Waals surface area (Å²) in [7, 11) is 0. The van der Waals surface area contributed by atoms with Gasteiger partial charge in [0.1, 0.15) is 0 Å². The van der Waals surface area contributed by atoms with Crippen molar-refractivity contribution in [2.45, 2.75) is 89.8 Å². The van der Waals surface area contributed by atoms with Crippen LogP contribution in [0.25, 0.3) is 0 Å². The van der Waals surface area contributed by atoms with Crippen LogP contribution in [-0.4, -0.2) is 18.2 Å². The summed E-state index contributed by atoms with van der Waals surface area (Å²) in [4.78, 5) is 12.0. The van der Waals surface area contributed by atoms with Crippen molar-refractivity contribution in [3.63, 3.8) is 0 Å². The van der Waals surface area contributed by atoms with Crippen LogP contribution >= 0.6 is 0 Å². The molecule has 0 N–H and O–H groups in total. The largest absolute Gasteiger partial charge is 0.449 e. The van der Waals surface area contributed by atoms with Gasteiger partial charge in [-0.1, -0.05) is 51.7 Å². The molecule has 0 radical (unpaired) electrons. The van der Waals surface area contributed by atoms with E-state index >= 15 is 0 Å². The summed E-state index contributed by atoms with van der Waals surface area (Å²) < 4.78 is 42.9. The summed E-state index contributed by atoms with van der Waals surface area (Å²) in [6, 6.07) is 6.92. The van der Waals surface area contributed by atoms with E-state index < -0.39 is 18.2 Å². The summed E-state index contributed by atoms with van der Waals surface area (Å²) in [6.45, 7) is 3.58. The second-order valence-electron chi connectivity index (χ2n) is 7.68. The van der Waals surface area contributed by atoms with Crippen LogP contribution in [0.15, 0.2) is 24.3 Å². The Balaban J connectivity index is 1.87. The van der Waals surface area contributed by atoms with Crippen molar-refractivity contribution in [1.29, 1.82) is 0 Å². The first-order valence-corrected chi connectivity index (χ1v) is 10.2. The summed E-state index contributed by atoms with van der Waals surface area (Å²) in [5, 5.41) is 0. The Morgan fingerprint density at radius 3 is 2.22 bits per heavy atom. The predicted octanol–water partition coefficient (Wildman–Crippen LogP) is 7.04. The van der Waals surface area contributed by atoms with E-state index in [-0.39, 0.29) is 12.0 Å². The van der Waals surface area contributed by atoms with Crippen LogP contribution in [0.5, 0.6) is 0 Å². The van der Waals surface area contributed by atoms with E-state index in [0.29, 0.717) is 5.92 Å². The van der Waals surface area contributed by atoms with Crippen LogP contribution in [0.3, 0.4) is 0 Å². The highest BCUT2D eigenvalue weighted by Crippen LogP contribution is 2.37. The molecule has 1 saturated carbocycles. The average molecular weight is 384 g/mol. The summed E-state index contributed by atoms with van der Waals surface area (Å²) in [5.74, 6) is 0.400. The molecule has 1 fully saturated rings. The summed E-state index contributed by atoms with van der Waals surface area (Å²) >= 11 is 0. The number of halogens is 3. The summed E-state index contributed by atoms with van der Waals surface area (Å²) in [5.41, 5.74) is 1.34. The Morgan fingerprint density at radius 1 is 1.07 bits per heavy atom. The molecule has 1 aliphatic carbocycles. The average Bonchev–Trinajstić information content (AvgIpc) is 2.66. The highest BCUT2D eigenvalue weighted by molar-refractivity contribution is 5.89. The van der Waals surface area contributed by atoms with Gasteiger partial charge in [0.15, 0.2) is 6.10 Å². The van der Waals surface area contributed by atoms with Gasteiger partial charge in [-0.25, -0.2) is 4.79 Å². The van der Waals surface area contributed by atoms with Gasteiger partial charge in [0.25, 0.3) is 0 Å². The normalized spacial score (nSPS) is 21.7. The Bertz CT molecular complexity index is 572. The van der Waals surface area contributed by atoms with E-state index in [1.165, 1.54) is 51.0 Å². The molecule has 0 heterocycles. The first-order chi connectivity index (χ1) is 12.8. The van der Waals surface area contributed by atoms with Gasteiger partial charge in [0.2, 0.25) is 0 Å². The lowest BCUT2D eigenvalue weighted by Crippen LogP contribution is -2.33. The zero-order valence-corrected chi connectivity index (χ0v) is 16.4. The SMILES string of the molecule is CCCCCC1CCC(c2ccc(C(=O)OC(CC)C(F)(F)F)cc2)CC1. The predicted molar refractivity (Wildman–Crippen MR) is 101 cm³/mol. The van der Waals surface area contributed by atoms with E-state index in [4.69, 9.17) is 0 Å². The number of hydrogen-bond acceptors (Lipinski definition) is 2. The summed E-state index contributed by atoms with van der Waals surface area (Å²) in [6.07, 6.45) is 3.12. The number of alkyl halides is 3. The molecule has 2 nitrogen and oxygen atoms in total. The fraction of sp³-hybridized carbons (Fsp3) is 0.682. The lowest BCUT2D eigenvalue weighted by Gasteiger charge is -2.29. The standard InChI is InChI=1S/C22H31F3O2/c1-3-5-6-7-16-8-10-17(11-9-16)18-12-14-19(15-13-18)21(26)27-20(4-2)22(23,24)25/h12-17,20H,3-11H2,1-2H3. The molecule has 27 heavy (non-hydrogen) atoms. The molecule has 2 rings (SSSR count). The molecule has 1 aromatic carbocycles. The van der Waals surface area contributed by atoms with Crippen molar-refractivity contribution in [1.82, 2.24) is 0 Å². The first kappa shape index (κ1) is 21.8. The van der Waals surface area contributed by atoms with Crippen LogP contribution in [0, 0.1) is 5.92 Å². The highest BCUT2D eigenvalue weighted by Gasteiger charge is 2.41. The lowest BCUT2D eigenvalue weighted by atomic mass is 9.77. The lowest BCUT2D eigenvalue weighted by molar-refractivity contribution is -0.204. The molecule has 0 spiro atoms. The third-order valence-electron chi connectivity index (χ3n) is 5.67. The quantitative estimate of drug-likeness (QED) is 0.355. The first-order valence-electron chi connectivity index (χ1n) is 10.2. The molecule has 152 valence electrons. The van der Waals surface area contributed by atoms with Crippen molar-refractivity contribution in [2.75, 3.05) is 0 Å². The van der Waals surface area contributed by atoms with E-state index in [1.807, 2.05) is 12.1 Å². The molecular formula is C22H31F3O2. The van der Waals surface area contributed by atoms with E-state index in [9.17, 15) is 18.0 Å². The second kappa shape index (κ2) is 10.1. The molecule has 1 unspecified atom stereocenters. The van der Waals surface area contributed by atoms with Crippen molar-refractivity contribution < 1.29 is 22.7 Å². The van der Waals surface area contributed by atoms with Gasteiger partial charge in [-0.2, -0.15) is 13.2 Å². The molecule has 0 aromatic heterocycles. The number of ether oxygens (including phenoxy) is 1. The molecule has 0 amide bonds. The van der Waals surface area contributed by atoms with Crippen molar-refractivity contribution in [3.05, 3.63) is 35.4 Å². The van der Waals surface area contributed by atoms with Gasteiger partial charge < -0.3 is 4.74 Å². The van der Waals surface area contributed by atoms with Crippen molar-refractivity contribution in [2.24, 2.45) is 5.92 Å². The number of benzene rings is 1. The Kier molecular flexibility index (Phi) is 8.18.